The third-order valence-electron chi connectivity index (χ3n) is 4.74. The maximum absolute atomic E-state index is 9.56. The molecular weight excluding hydrogens is 334 g/mol. The molecule has 0 saturated carbocycles. The van der Waals surface area contributed by atoms with Crippen LogP contribution in [0.25, 0.3) is 0 Å². The second-order valence-electron chi connectivity index (χ2n) is 6.16. The highest BCUT2D eigenvalue weighted by molar-refractivity contribution is 6.59. The zero-order chi connectivity index (χ0) is 16.7. The molecule has 0 fully saturated rings. The lowest BCUT2D eigenvalue weighted by Crippen LogP contribution is -3.00. The summed E-state index contributed by atoms with van der Waals surface area (Å²) in [5, 5.41) is 19.1. The molecule has 0 spiro atoms. The minimum absolute atomic E-state index is 0. The van der Waals surface area contributed by atoms with E-state index in [1.165, 1.54) is 5.56 Å². The molecular formula is C19H18BClN2O2. The lowest BCUT2D eigenvalue weighted by Gasteiger charge is -2.15. The first-order chi connectivity index (χ1) is 11.6. The Hall–Kier alpha value is -2.21. The van der Waals surface area contributed by atoms with Crippen LogP contribution in [-0.4, -0.2) is 33.2 Å². The molecule has 126 valence electrons. The van der Waals surface area contributed by atoms with Crippen molar-refractivity contribution in [2.24, 2.45) is 4.99 Å². The van der Waals surface area contributed by atoms with Crippen molar-refractivity contribution in [1.29, 1.82) is 0 Å². The average Bonchev–Trinajstić information content (AvgIpc) is 2.97. The van der Waals surface area contributed by atoms with E-state index in [1.807, 2.05) is 36.4 Å². The maximum atomic E-state index is 9.56. The van der Waals surface area contributed by atoms with Gasteiger partial charge in [-0.15, -0.1) is 0 Å². The van der Waals surface area contributed by atoms with Gasteiger partial charge in [0.05, 0.1) is 11.6 Å². The normalized spacial score (nSPS) is 17.6. The van der Waals surface area contributed by atoms with Gasteiger partial charge in [0.25, 0.3) is 0 Å². The number of benzene rings is 2. The Morgan fingerprint density at radius 3 is 2.60 bits per heavy atom. The first-order valence-electron chi connectivity index (χ1n) is 8.05. The van der Waals surface area contributed by atoms with Crippen molar-refractivity contribution < 1.29 is 27.0 Å². The fourth-order valence-corrected chi connectivity index (χ4v) is 3.43. The van der Waals surface area contributed by atoms with Gasteiger partial charge in [-0.05, 0) is 23.2 Å². The van der Waals surface area contributed by atoms with Gasteiger partial charge in [0, 0.05) is 12.5 Å². The van der Waals surface area contributed by atoms with Crippen LogP contribution in [-0.2, 0) is 6.54 Å². The maximum Gasteiger partial charge on any atom is 0.488 e. The molecule has 2 aliphatic rings. The number of halogens is 1. The Kier molecular flexibility index (Phi) is 4.90. The van der Waals surface area contributed by atoms with Crippen molar-refractivity contribution in [2.75, 3.05) is 0 Å². The Morgan fingerprint density at radius 1 is 1.08 bits per heavy atom. The highest BCUT2D eigenvalue weighted by Crippen LogP contribution is 2.37. The number of hydrogen-bond donors (Lipinski definition) is 2. The number of rotatable bonds is 3. The fraction of sp³-hybridized carbons (Fsp3) is 0.158. The van der Waals surface area contributed by atoms with Gasteiger partial charge in [-0.1, -0.05) is 42.5 Å². The van der Waals surface area contributed by atoms with Gasteiger partial charge in [-0.3, -0.25) is 0 Å². The second-order valence-corrected chi connectivity index (χ2v) is 6.16. The van der Waals surface area contributed by atoms with Gasteiger partial charge in [0.2, 0.25) is 5.71 Å². The van der Waals surface area contributed by atoms with Crippen molar-refractivity contribution in [1.82, 2.24) is 0 Å². The molecule has 4 rings (SSSR count). The molecule has 2 aromatic carbocycles. The monoisotopic (exact) mass is 352 g/mol. The van der Waals surface area contributed by atoms with Gasteiger partial charge in [0.15, 0.2) is 12.7 Å². The molecule has 4 nitrogen and oxygen atoms in total. The molecule has 0 aromatic heterocycles. The smallest absolute Gasteiger partial charge is 0.488 e. The molecule has 6 heteroatoms. The topological polar surface area (TPSA) is 55.8 Å². The standard InChI is InChI=1S/C19H18BN2O2.ClH/c1-13-19-16(15-7-3-5-9-18(15)21-19)10-11-22(13)12-14-6-2-4-8-17(14)20(23)24;/h2-11,16,23-24H,12H2,1H3;1H/q+1;/p-1. The fourth-order valence-electron chi connectivity index (χ4n) is 3.43. The van der Waals surface area contributed by atoms with Crippen LogP contribution in [0, 0.1) is 0 Å². The van der Waals surface area contributed by atoms with Crippen molar-refractivity contribution in [3.63, 3.8) is 0 Å². The van der Waals surface area contributed by atoms with Crippen molar-refractivity contribution in [3.8, 4) is 0 Å². The first-order valence-corrected chi connectivity index (χ1v) is 8.05. The van der Waals surface area contributed by atoms with E-state index in [0.29, 0.717) is 12.0 Å². The summed E-state index contributed by atoms with van der Waals surface area (Å²) >= 11 is 0. The number of fused-ring (bicyclic) bond motifs is 3. The molecule has 2 aliphatic heterocycles. The van der Waals surface area contributed by atoms with Gasteiger partial charge in [-0.2, -0.15) is 4.58 Å². The Balaban J connectivity index is 0.00000182. The quantitative estimate of drug-likeness (QED) is 0.535. The van der Waals surface area contributed by atoms with E-state index in [9.17, 15) is 10.0 Å². The zero-order valence-electron chi connectivity index (χ0n) is 13.8. The predicted octanol–water partition coefficient (Wildman–Crippen LogP) is -1.26. The van der Waals surface area contributed by atoms with Crippen LogP contribution >= 0.6 is 0 Å². The highest BCUT2D eigenvalue weighted by Gasteiger charge is 2.34. The van der Waals surface area contributed by atoms with E-state index < -0.39 is 7.12 Å². The third-order valence-corrected chi connectivity index (χ3v) is 4.74. The van der Waals surface area contributed by atoms with Crippen LogP contribution < -0.4 is 17.9 Å². The third kappa shape index (κ3) is 3.06. The van der Waals surface area contributed by atoms with Crippen molar-refractivity contribution in [2.45, 2.75) is 19.4 Å². The lowest BCUT2D eigenvalue weighted by atomic mass is 9.77. The molecule has 1 unspecified atom stereocenters. The summed E-state index contributed by atoms with van der Waals surface area (Å²) in [6.07, 6.45) is 4.23. The van der Waals surface area contributed by atoms with Gasteiger partial charge in [0.1, 0.15) is 5.71 Å². The molecule has 0 aliphatic carbocycles. The Labute approximate surface area is 153 Å². The summed E-state index contributed by atoms with van der Waals surface area (Å²) in [6.45, 7) is 2.65. The minimum Gasteiger partial charge on any atom is -1.00 e. The van der Waals surface area contributed by atoms with E-state index in [-0.39, 0.29) is 18.3 Å². The van der Waals surface area contributed by atoms with Crippen LogP contribution in [0.1, 0.15) is 24.0 Å². The number of allylic oxidation sites excluding steroid dienone is 1. The van der Waals surface area contributed by atoms with E-state index >= 15 is 0 Å². The average molecular weight is 353 g/mol. The van der Waals surface area contributed by atoms with Crippen molar-refractivity contribution in [3.05, 3.63) is 71.9 Å². The van der Waals surface area contributed by atoms with Crippen LogP contribution in [0.2, 0.25) is 0 Å². The van der Waals surface area contributed by atoms with Gasteiger partial charge >= 0.3 is 7.12 Å². The molecule has 0 radical (unpaired) electrons. The summed E-state index contributed by atoms with van der Waals surface area (Å²) in [5.74, 6) is 0.219. The molecule has 2 aromatic rings. The number of aliphatic imine (C=N–C) groups is 1. The van der Waals surface area contributed by atoms with Crippen LogP contribution in [0.4, 0.5) is 5.69 Å². The minimum atomic E-state index is -1.46. The summed E-state index contributed by atoms with van der Waals surface area (Å²) in [7, 11) is -1.46. The number of hydrogen-bond acceptors (Lipinski definition) is 3. The Morgan fingerprint density at radius 2 is 1.80 bits per heavy atom. The van der Waals surface area contributed by atoms with Gasteiger partial charge < -0.3 is 22.5 Å². The van der Waals surface area contributed by atoms with Crippen LogP contribution in [0.5, 0.6) is 0 Å². The molecule has 25 heavy (non-hydrogen) atoms. The van der Waals surface area contributed by atoms with E-state index in [0.717, 1.165) is 22.7 Å². The second kappa shape index (κ2) is 6.96. The number of nitrogens with zero attached hydrogens (tertiary/aromatic N) is 2. The van der Waals surface area contributed by atoms with E-state index in [4.69, 9.17) is 4.99 Å². The first kappa shape index (κ1) is 17.6. The molecule has 0 amide bonds. The molecule has 1 atom stereocenters. The zero-order valence-corrected chi connectivity index (χ0v) is 14.6. The van der Waals surface area contributed by atoms with Crippen molar-refractivity contribution >= 4 is 29.7 Å². The van der Waals surface area contributed by atoms with Crippen LogP contribution in [0.15, 0.2) is 65.8 Å². The van der Waals surface area contributed by atoms with Gasteiger partial charge in [-0.25, -0.2) is 4.99 Å². The predicted molar refractivity (Wildman–Crippen MR) is 96.3 cm³/mol. The molecule has 2 heterocycles. The summed E-state index contributed by atoms with van der Waals surface area (Å²) in [6, 6.07) is 15.6. The molecule has 0 bridgehead atoms. The summed E-state index contributed by atoms with van der Waals surface area (Å²) in [5.41, 5.74) is 5.88. The lowest BCUT2D eigenvalue weighted by molar-refractivity contribution is -0.473. The largest absolute Gasteiger partial charge is 1.00 e. The Bertz CT molecular complexity index is 906. The van der Waals surface area contributed by atoms with E-state index in [1.54, 1.807) is 6.07 Å². The van der Waals surface area contributed by atoms with E-state index in [2.05, 4.69) is 29.8 Å². The van der Waals surface area contributed by atoms with Crippen LogP contribution in [0.3, 0.4) is 0 Å². The molecule has 0 saturated heterocycles. The molecule has 2 N–H and O–H groups in total. The highest BCUT2D eigenvalue weighted by atomic mass is 35.5. The summed E-state index contributed by atoms with van der Waals surface area (Å²) in [4.78, 5) is 4.79. The summed E-state index contributed by atoms with van der Waals surface area (Å²) < 4.78 is 2.11. The SMILES string of the molecule is CC1=[N+](Cc2ccccc2B(O)O)C=CC2C1=Nc1ccccc12.[Cl-]. The number of para-hydroxylation sites is 1.